The quantitative estimate of drug-likeness (QED) is 0.0261. The third-order valence-corrected chi connectivity index (χ3v) is 18.5. The molecule has 0 radical (unpaired) electrons. The third kappa shape index (κ3) is 11.7. The molecule has 5 aromatic rings. The largest absolute Gasteiger partial charge is 0.490 e. The molecule has 8 rings (SSSR count). The number of nitrogens with one attached hydrogen (secondary N) is 2. The van der Waals surface area contributed by atoms with E-state index in [4.69, 9.17) is 44.0 Å². The number of phosphoric acid groups is 3. The van der Waals surface area contributed by atoms with Gasteiger partial charge < -0.3 is 74.7 Å². The Kier molecular flexibility index (Phi) is 16.3. The van der Waals surface area contributed by atoms with Gasteiger partial charge in [-0.3, -0.25) is 51.7 Å². The maximum Gasteiger partial charge on any atom is 0.490 e. The van der Waals surface area contributed by atoms with Crippen molar-refractivity contribution >= 4 is 71.1 Å². The summed E-state index contributed by atoms with van der Waals surface area (Å²) >= 11 is 0. The van der Waals surface area contributed by atoms with Gasteiger partial charge in [0.2, 0.25) is 17.7 Å². The lowest BCUT2D eigenvalue weighted by molar-refractivity contribution is -0.745. The van der Waals surface area contributed by atoms with Gasteiger partial charge in [0.1, 0.15) is 54.1 Å². The van der Waals surface area contributed by atoms with Crippen LogP contribution >= 0.6 is 31.1 Å². The normalized spacial score (nSPS) is 30.0. The highest BCUT2D eigenvalue weighted by atomic mass is 31.3. The van der Waals surface area contributed by atoms with Crippen LogP contribution in [-0.4, -0.2) is 178 Å². The molecule has 1 amide bonds. The first-order valence-corrected chi connectivity index (χ1v) is 28.1. The van der Waals surface area contributed by atoms with Crippen molar-refractivity contribution in [1.82, 2.24) is 48.5 Å². The number of hydrogen-bond donors (Lipinski definition) is 11. The standard InChI is InChI=1S/C35H49N13O24P4/c1-14(49)44(2)7-15-16(68-31(22(15)51)48-13-45(3)21-29(48)42-34(37)43-30(21)54)8-66-74(58,59)71-76(62,63)72-75(60,61)67-10-18-26(25(64-4)33(70-18)47-12-40-20-27(36)38-11-39-28(20)47)73(56,57)65-9-17-23(52)24(53)32(69-17)46-6-5-19(50)41-35(46)55/h5-6,11-13,15-18,22-26,31-33,51-53H,7-10H2,1-4H3,(H9-,36,37,38,39,41,42,43,50,54,55,56,57,58,59,60,61,62,63)/p+1/t15-,16-,17-,18-,22-,23-,24-,25-,26-,31-,32-,33-/m1/s1. The molecule has 3 aliphatic rings. The van der Waals surface area contributed by atoms with Crippen LogP contribution in [0.1, 0.15) is 25.6 Å². The average Bonchev–Trinajstić information content (AvgIpc) is 4.13. The maximum atomic E-state index is 14.3. The lowest BCUT2D eigenvalue weighted by atomic mass is 9.97. The summed E-state index contributed by atoms with van der Waals surface area (Å²) in [4.78, 5) is 114. The van der Waals surface area contributed by atoms with Gasteiger partial charge in [-0.2, -0.15) is 8.62 Å². The van der Waals surface area contributed by atoms with Gasteiger partial charge >= 0.3 is 42.4 Å². The highest BCUT2D eigenvalue weighted by Gasteiger charge is 2.58. The molecular weight excluding hydrogens is 1110 g/mol. The summed E-state index contributed by atoms with van der Waals surface area (Å²) in [5, 5.41) is 33.0. The number of aliphatic hydroxyl groups excluding tert-OH is 3. The summed E-state index contributed by atoms with van der Waals surface area (Å²) in [5.41, 5.74) is 7.17. The van der Waals surface area contributed by atoms with Crippen LogP contribution in [0.2, 0.25) is 0 Å². The Hall–Kier alpha value is -5.07. The molecule has 41 heteroatoms. The van der Waals surface area contributed by atoms with Crippen LogP contribution in [0.25, 0.3) is 22.3 Å². The van der Waals surface area contributed by atoms with Crippen molar-refractivity contribution in [2.75, 3.05) is 52.0 Å². The number of hydrogen-bond acceptors (Lipinski definition) is 26. The number of anilines is 2. The highest BCUT2D eigenvalue weighted by molar-refractivity contribution is 7.66. The first kappa shape index (κ1) is 57.1. The first-order valence-electron chi connectivity index (χ1n) is 21.9. The number of phosphoric ester groups is 2. The van der Waals surface area contributed by atoms with E-state index >= 15 is 0 Å². The van der Waals surface area contributed by atoms with E-state index in [-0.39, 0.29) is 40.6 Å². The number of carbonyl (C=O) groups is 1. The zero-order valence-corrected chi connectivity index (χ0v) is 43.3. The molecule has 0 aromatic carbocycles. The number of imidazole rings is 2. The van der Waals surface area contributed by atoms with Crippen LogP contribution in [0.4, 0.5) is 11.8 Å². The molecule has 3 fully saturated rings. The van der Waals surface area contributed by atoms with Crippen molar-refractivity contribution < 1.29 is 104 Å². The zero-order valence-electron chi connectivity index (χ0n) is 39.7. The smallest absolute Gasteiger partial charge is 0.387 e. The fourth-order valence-corrected chi connectivity index (χ4v) is 14.0. The number of nitrogens with two attached hydrogens (primary N) is 2. The van der Waals surface area contributed by atoms with E-state index in [9.17, 15) is 72.3 Å². The Labute approximate surface area is 423 Å². The van der Waals surface area contributed by atoms with Crippen molar-refractivity contribution in [2.24, 2.45) is 13.0 Å². The Balaban J connectivity index is 0.969. The van der Waals surface area contributed by atoms with Crippen molar-refractivity contribution in [1.29, 1.82) is 0 Å². The summed E-state index contributed by atoms with van der Waals surface area (Å²) in [6, 6.07) is 0.922. The number of aryl methyl sites for hydroxylation is 1. The molecule has 16 atom stereocenters. The number of nitrogen functional groups attached to an aromatic ring is 2. The van der Waals surface area contributed by atoms with E-state index in [1.54, 1.807) is 0 Å². The topological polar surface area (TPSA) is 518 Å². The van der Waals surface area contributed by atoms with Crippen LogP contribution in [0, 0.1) is 5.92 Å². The van der Waals surface area contributed by atoms with Crippen LogP contribution < -0.4 is 32.8 Å². The Morgan fingerprint density at radius 3 is 2.13 bits per heavy atom. The minimum absolute atomic E-state index is 0.000477. The fraction of sp³-hybridized carbons (Fsp3) is 0.571. The lowest BCUT2D eigenvalue weighted by Crippen LogP contribution is -2.46. The van der Waals surface area contributed by atoms with Crippen LogP contribution in [-0.2, 0) is 71.2 Å². The Morgan fingerprint density at radius 1 is 0.842 bits per heavy atom. The van der Waals surface area contributed by atoms with Gasteiger partial charge in [0.15, 0.2) is 30.2 Å². The molecule has 76 heavy (non-hydrogen) atoms. The Morgan fingerprint density at radius 2 is 1.49 bits per heavy atom. The molecule has 0 saturated carbocycles. The number of methoxy groups -OCH3 is 1. The van der Waals surface area contributed by atoms with Gasteiger partial charge in [-0.05, 0) is 0 Å². The molecule has 13 N–H and O–H groups in total. The summed E-state index contributed by atoms with van der Waals surface area (Å²) in [5.74, 6) is -2.02. The van der Waals surface area contributed by atoms with Gasteiger partial charge in [0, 0.05) is 45.8 Å². The molecule has 418 valence electrons. The molecule has 4 unspecified atom stereocenters. The SMILES string of the molecule is CO[C@@H]1[C@H](P(=O)(O)OC[C@H]2O[C@@H](n3ccc(=O)[nH]c3=O)[C@H](O)[C@@H]2O)[C@@H](COP(=O)(O)OP(=O)(O)OP(=O)(O)OC[C@H]2O[C@@H]([n+]3cn(C)c4c(=O)[nH]c(N)nc43)[C@H](O)[C@@H]2CN(C)C(C)=O)O[C@H]1n1cnc2c(N)ncnc21. The van der Waals surface area contributed by atoms with Crippen LogP contribution in [0.5, 0.6) is 0 Å². The summed E-state index contributed by atoms with van der Waals surface area (Å²) < 4.78 is 105. The number of aliphatic hydroxyl groups is 3. The zero-order chi connectivity index (χ0) is 55.6. The number of ether oxygens (including phenoxy) is 4. The maximum absolute atomic E-state index is 14.3. The minimum atomic E-state index is -6.24. The predicted molar refractivity (Wildman–Crippen MR) is 247 cm³/mol. The van der Waals surface area contributed by atoms with Gasteiger partial charge in [0.25, 0.3) is 17.1 Å². The number of aromatic nitrogens is 10. The molecule has 3 aliphatic heterocycles. The fourth-order valence-electron chi connectivity index (χ4n) is 8.75. The van der Waals surface area contributed by atoms with Crippen molar-refractivity contribution in [3.05, 3.63) is 62.4 Å². The molecule has 0 bridgehead atoms. The second-order valence-corrected chi connectivity index (χ2v) is 23.9. The number of nitrogens with zero attached hydrogens (tertiary/aromatic N) is 9. The second-order valence-electron chi connectivity index (χ2n) is 17.3. The molecule has 0 aliphatic carbocycles. The molecular formula is C35H50N13O24P4+. The number of aromatic amines is 2. The van der Waals surface area contributed by atoms with E-state index in [2.05, 4.69) is 33.5 Å². The van der Waals surface area contributed by atoms with Crippen LogP contribution in [0.3, 0.4) is 0 Å². The van der Waals surface area contributed by atoms with Crippen molar-refractivity contribution in [3.8, 4) is 0 Å². The van der Waals surface area contributed by atoms with Crippen molar-refractivity contribution in [3.63, 3.8) is 0 Å². The molecule has 0 spiro atoms. The van der Waals surface area contributed by atoms with E-state index in [1.165, 1.54) is 41.0 Å². The highest BCUT2D eigenvalue weighted by Crippen LogP contribution is 2.68. The van der Waals surface area contributed by atoms with Gasteiger partial charge in [0.05, 0.1) is 39.3 Å². The van der Waals surface area contributed by atoms with E-state index in [1.807, 2.05) is 4.98 Å². The van der Waals surface area contributed by atoms with Crippen molar-refractivity contribution in [2.45, 2.75) is 74.0 Å². The lowest BCUT2D eigenvalue weighted by Gasteiger charge is -2.28. The van der Waals surface area contributed by atoms with Crippen LogP contribution in [0.15, 0.2) is 45.6 Å². The number of H-pyrrole nitrogens is 2. The van der Waals surface area contributed by atoms with E-state index < -0.39 is 147 Å². The molecule has 5 aromatic heterocycles. The number of rotatable bonds is 20. The number of fused-ring (bicyclic) bond motifs is 2. The molecule has 8 heterocycles. The summed E-state index contributed by atoms with van der Waals surface area (Å²) in [7, 11) is -19.5. The predicted octanol–water partition coefficient (Wildman–Crippen LogP) is -4.07. The molecule has 3 saturated heterocycles. The van der Waals surface area contributed by atoms with E-state index in [0.29, 0.717) is 0 Å². The second kappa shape index (κ2) is 21.6. The number of carbonyl (C=O) groups excluding carboxylic acids is 1. The Bertz CT molecular complexity index is 3390. The average molecular weight is 1160 g/mol. The summed E-state index contributed by atoms with van der Waals surface area (Å²) in [6.07, 6.45) is -12.0. The number of amides is 1. The van der Waals surface area contributed by atoms with Gasteiger partial charge in [-0.25, -0.2) is 38.0 Å². The monoisotopic (exact) mass is 1160 g/mol. The first-order chi connectivity index (χ1) is 35.5. The summed E-state index contributed by atoms with van der Waals surface area (Å²) in [6.45, 7) is -2.42. The van der Waals surface area contributed by atoms with E-state index in [0.717, 1.165) is 41.5 Å². The minimum Gasteiger partial charge on any atom is -0.387 e. The third-order valence-electron chi connectivity index (χ3n) is 12.3. The van der Waals surface area contributed by atoms with Gasteiger partial charge in [-0.1, -0.05) is 4.98 Å². The molecule has 37 nitrogen and oxygen atoms in total. The van der Waals surface area contributed by atoms with Gasteiger partial charge in [-0.15, -0.1) is 0 Å².